The number of amides is 1. The van der Waals surface area contributed by atoms with Gasteiger partial charge in [0.25, 0.3) is 0 Å². The number of hydrogen-bond acceptors (Lipinski definition) is 5. The van der Waals surface area contributed by atoms with Crippen LogP contribution in [0.4, 0.5) is 0 Å². The van der Waals surface area contributed by atoms with Gasteiger partial charge >= 0.3 is 0 Å². The van der Waals surface area contributed by atoms with Crippen molar-refractivity contribution in [2.24, 2.45) is 5.92 Å². The first-order valence-corrected chi connectivity index (χ1v) is 8.79. The quantitative estimate of drug-likeness (QED) is 0.662. The number of nitrogens with one attached hydrogen (secondary N) is 1. The number of Topliss-reactive ketones (excluding diaryl/α,β-unsaturated/α-hetero) is 1. The van der Waals surface area contributed by atoms with Gasteiger partial charge in [0.2, 0.25) is 5.91 Å². The Morgan fingerprint density at radius 1 is 1.12 bits per heavy atom. The highest BCUT2D eigenvalue weighted by Crippen LogP contribution is 2.20. The number of aromatic nitrogens is 2. The van der Waals surface area contributed by atoms with Gasteiger partial charge in [0, 0.05) is 29.6 Å². The average molecular weight is 348 g/mol. The number of benzene rings is 1. The molecule has 26 heavy (non-hydrogen) atoms. The first kappa shape index (κ1) is 17.7. The zero-order valence-electron chi connectivity index (χ0n) is 14.4. The molecule has 6 nitrogen and oxygen atoms in total. The average Bonchev–Trinajstić information content (AvgIpc) is 2.70. The molecule has 1 aliphatic rings. The topological polar surface area (TPSA) is 95.7 Å². The van der Waals surface area contributed by atoms with Crippen molar-refractivity contribution < 1.29 is 9.59 Å². The molecular formula is C20H20N4O2. The number of nitriles is 1. The fourth-order valence-electron chi connectivity index (χ4n) is 3.19. The summed E-state index contributed by atoms with van der Waals surface area (Å²) in [6, 6.07) is 8.63. The predicted molar refractivity (Wildman–Crippen MR) is 95.9 cm³/mol. The van der Waals surface area contributed by atoms with Gasteiger partial charge in [-0.15, -0.1) is 0 Å². The fraction of sp³-hybridized carbons (Fsp3) is 0.350. The molecule has 3 rings (SSSR count). The van der Waals surface area contributed by atoms with E-state index in [0.717, 1.165) is 31.2 Å². The standard InChI is InChI=1S/C20H20N4O2/c21-12-17(20(26)24-16-4-2-1-3-5-16)19(25)15-8-6-14(7-9-15)18-13-22-10-11-23-18/h6-11,13,16-17H,1-5H2,(H,24,26). The molecule has 1 aromatic carbocycles. The van der Waals surface area contributed by atoms with Crippen molar-refractivity contribution >= 4 is 11.7 Å². The predicted octanol–water partition coefficient (Wildman–Crippen LogP) is 2.91. The second kappa shape index (κ2) is 8.34. The lowest BCUT2D eigenvalue weighted by Gasteiger charge is -2.23. The Labute approximate surface area is 152 Å². The minimum atomic E-state index is -1.32. The summed E-state index contributed by atoms with van der Waals surface area (Å²) in [7, 11) is 0. The highest BCUT2D eigenvalue weighted by atomic mass is 16.2. The molecule has 0 radical (unpaired) electrons. The Morgan fingerprint density at radius 2 is 1.85 bits per heavy atom. The number of hydrogen-bond donors (Lipinski definition) is 1. The SMILES string of the molecule is N#CC(C(=O)NC1CCCCC1)C(=O)c1ccc(-c2cnccn2)cc1. The van der Waals surface area contributed by atoms with Crippen molar-refractivity contribution in [2.45, 2.75) is 38.1 Å². The van der Waals surface area contributed by atoms with E-state index in [4.69, 9.17) is 0 Å². The van der Waals surface area contributed by atoms with E-state index in [1.807, 2.05) is 6.07 Å². The van der Waals surface area contributed by atoms with Gasteiger partial charge in [-0.1, -0.05) is 43.5 Å². The number of carbonyl (C=O) groups is 2. The fourth-order valence-corrected chi connectivity index (χ4v) is 3.19. The van der Waals surface area contributed by atoms with E-state index in [2.05, 4.69) is 15.3 Å². The third-order valence-electron chi connectivity index (χ3n) is 4.63. The van der Waals surface area contributed by atoms with Crippen LogP contribution in [0.3, 0.4) is 0 Å². The van der Waals surface area contributed by atoms with Crippen LogP contribution in [0.1, 0.15) is 42.5 Å². The molecule has 1 N–H and O–H groups in total. The number of nitrogens with zero attached hydrogens (tertiary/aromatic N) is 3. The van der Waals surface area contributed by atoms with Crippen molar-refractivity contribution in [3.63, 3.8) is 0 Å². The van der Waals surface area contributed by atoms with Crippen LogP contribution in [0.2, 0.25) is 0 Å². The Hall–Kier alpha value is -3.07. The summed E-state index contributed by atoms with van der Waals surface area (Å²) in [5.74, 6) is -2.30. The van der Waals surface area contributed by atoms with Crippen molar-refractivity contribution in [1.29, 1.82) is 5.26 Å². The molecule has 1 atom stereocenters. The van der Waals surface area contributed by atoms with Gasteiger partial charge in [-0.2, -0.15) is 5.26 Å². The Morgan fingerprint density at radius 3 is 2.46 bits per heavy atom. The van der Waals surface area contributed by atoms with Crippen LogP contribution in [0.5, 0.6) is 0 Å². The van der Waals surface area contributed by atoms with Gasteiger partial charge in [-0.25, -0.2) is 0 Å². The largest absolute Gasteiger partial charge is 0.352 e. The molecule has 1 aliphatic carbocycles. The molecule has 1 saturated carbocycles. The molecular weight excluding hydrogens is 328 g/mol. The van der Waals surface area contributed by atoms with Crippen LogP contribution < -0.4 is 5.32 Å². The smallest absolute Gasteiger partial charge is 0.245 e. The van der Waals surface area contributed by atoms with E-state index in [-0.39, 0.29) is 6.04 Å². The van der Waals surface area contributed by atoms with Gasteiger partial charge in [-0.3, -0.25) is 19.6 Å². The summed E-state index contributed by atoms with van der Waals surface area (Å²) in [6.07, 6.45) is 9.94. The van der Waals surface area contributed by atoms with Gasteiger partial charge in [-0.05, 0) is 12.8 Å². The van der Waals surface area contributed by atoms with Crippen LogP contribution in [0.15, 0.2) is 42.9 Å². The third kappa shape index (κ3) is 4.12. The van der Waals surface area contributed by atoms with E-state index in [0.29, 0.717) is 11.3 Å². The third-order valence-corrected chi connectivity index (χ3v) is 4.63. The maximum Gasteiger partial charge on any atom is 0.245 e. The maximum atomic E-state index is 12.6. The molecule has 1 fully saturated rings. The summed E-state index contributed by atoms with van der Waals surface area (Å²) in [5.41, 5.74) is 1.84. The highest BCUT2D eigenvalue weighted by molar-refractivity contribution is 6.12. The summed E-state index contributed by atoms with van der Waals surface area (Å²) in [4.78, 5) is 33.2. The number of ketones is 1. The van der Waals surface area contributed by atoms with Crippen LogP contribution >= 0.6 is 0 Å². The Balaban J connectivity index is 1.70. The van der Waals surface area contributed by atoms with Crippen molar-refractivity contribution in [2.75, 3.05) is 0 Å². The molecule has 1 aromatic heterocycles. The number of rotatable bonds is 5. The minimum Gasteiger partial charge on any atom is -0.352 e. The zero-order valence-corrected chi connectivity index (χ0v) is 14.4. The first-order chi connectivity index (χ1) is 12.7. The van der Waals surface area contributed by atoms with Crippen molar-refractivity contribution in [3.8, 4) is 17.3 Å². The van der Waals surface area contributed by atoms with Crippen molar-refractivity contribution in [1.82, 2.24) is 15.3 Å². The zero-order chi connectivity index (χ0) is 18.4. The lowest BCUT2D eigenvalue weighted by atomic mass is 9.93. The van der Waals surface area contributed by atoms with Gasteiger partial charge in [0.05, 0.1) is 18.0 Å². The number of carbonyl (C=O) groups excluding carboxylic acids is 2. The molecule has 1 amide bonds. The second-order valence-corrected chi connectivity index (χ2v) is 6.44. The normalized spacial score (nSPS) is 15.7. The first-order valence-electron chi connectivity index (χ1n) is 8.79. The molecule has 1 heterocycles. The Bertz CT molecular complexity index is 806. The van der Waals surface area contributed by atoms with E-state index < -0.39 is 17.6 Å². The summed E-state index contributed by atoms with van der Waals surface area (Å²) >= 11 is 0. The molecule has 6 heteroatoms. The molecule has 0 aliphatic heterocycles. The second-order valence-electron chi connectivity index (χ2n) is 6.44. The van der Waals surface area contributed by atoms with E-state index in [1.54, 1.807) is 42.9 Å². The summed E-state index contributed by atoms with van der Waals surface area (Å²) in [5, 5.41) is 12.2. The Kier molecular flexibility index (Phi) is 5.69. The molecule has 2 aromatic rings. The maximum absolute atomic E-state index is 12.6. The lowest BCUT2D eigenvalue weighted by molar-refractivity contribution is -0.123. The monoisotopic (exact) mass is 348 g/mol. The van der Waals surface area contributed by atoms with Crippen LogP contribution in [-0.2, 0) is 4.79 Å². The molecule has 0 spiro atoms. The van der Waals surface area contributed by atoms with Gasteiger partial charge in [0.1, 0.15) is 0 Å². The molecule has 132 valence electrons. The van der Waals surface area contributed by atoms with Gasteiger partial charge in [0.15, 0.2) is 11.7 Å². The van der Waals surface area contributed by atoms with E-state index >= 15 is 0 Å². The van der Waals surface area contributed by atoms with Crippen LogP contribution in [-0.4, -0.2) is 27.7 Å². The van der Waals surface area contributed by atoms with Crippen LogP contribution in [0, 0.1) is 17.2 Å². The molecule has 0 bridgehead atoms. The highest BCUT2D eigenvalue weighted by Gasteiger charge is 2.29. The van der Waals surface area contributed by atoms with Crippen molar-refractivity contribution in [3.05, 3.63) is 48.4 Å². The van der Waals surface area contributed by atoms with Gasteiger partial charge < -0.3 is 5.32 Å². The van der Waals surface area contributed by atoms with E-state index in [9.17, 15) is 14.9 Å². The van der Waals surface area contributed by atoms with E-state index in [1.165, 1.54) is 6.42 Å². The lowest BCUT2D eigenvalue weighted by Crippen LogP contribution is -2.42. The molecule has 1 unspecified atom stereocenters. The van der Waals surface area contributed by atoms with Crippen LogP contribution in [0.25, 0.3) is 11.3 Å². The minimum absolute atomic E-state index is 0.0685. The molecule has 0 saturated heterocycles. The summed E-state index contributed by atoms with van der Waals surface area (Å²) in [6.45, 7) is 0. The summed E-state index contributed by atoms with van der Waals surface area (Å²) < 4.78 is 0.